The second kappa shape index (κ2) is 7.69. The number of unbranched alkanes of at least 4 members (excludes halogenated alkanes) is 2. The summed E-state index contributed by atoms with van der Waals surface area (Å²) in [5, 5.41) is 2.96. The lowest BCUT2D eigenvalue weighted by Gasteiger charge is -2.23. The molecule has 0 aliphatic rings. The highest BCUT2D eigenvalue weighted by Crippen LogP contribution is 1.97. The molecule has 1 amide bonds. The first-order chi connectivity index (χ1) is 6.95. The number of nitrogens with one attached hydrogen (secondary N) is 1. The van der Waals surface area contributed by atoms with Crippen LogP contribution >= 0.6 is 0 Å². The van der Waals surface area contributed by atoms with Gasteiger partial charge in [0, 0.05) is 19.4 Å². The van der Waals surface area contributed by atoms with Gasteiger partial charge in [0.2, 0.25) is 5.91 Å². The topological polar surface area (TPSA) is 29.1 Å². The highest BCUT2D eigenvalue weighted by Gasteiger charge is 2.08. The van der Waals surface area contributed by atoms with Crippen LogP contribution in [0.25, 0.3) is 0 Å². The van der Waals surface area contributed by atoms with E-state index < -0.39 is 0 Å². The summed E-state index contributed by atoms with van der Waals surface area (Å²) in [6.07, 6.45) is 5.17. The zero-order valence-electron chi connectivity index (χ0n) is 10.8. The largest absolute Gasteiger partial charge is 0.356 e. The number of nitrogens with zero attached hydrogens (tertiary/aromatic N) is 1. The third-order valence-corrected chi connectivity index (χ3v) is 2.34. The van der Waals surface area contributed by atoms with Gasteiger partial charge in [0.25, 0.3) is 0 Å². The van der Waals surface area contributed by atoms with Gasteiger partial charge in [-0.3, -0.25) is 4.79 Å². The number of carbonyl (C=O) groups is 1. The number of hydrogen-bond donors (Lipinski definition) is 1. The van der Waals surface area contributed by atoms with Crippen molar-refractivity contribution in [2.24, 2.45) is 0 Å². The molecule has 0 radical (unpaired) electrons. The van der Waals surface area contributed by atoms with Gasteiger partial charge >= 0.3 is 0 Å². The van der Waals surface area contributed by atoms with Crippen molar-refractivity contribution in [3.05, 3.63) is 0 Å². The minimum Gasteiger partial charge on any atom is -0.356 e. The number of amides is 1. The fourth-order valence-corrected chi connectivity index (χ4v) is 1.41. The Balaban J connectivity index is 3.34. The summed E-state index contributed by atoms with van der Waals surface area (Å²) < 4.78 is 0.934. The number of rotatable bonds is 8. The van der Waals surface area contributed by atoms with Crippen molar-refractivity contribution in [1.29, 1.82) is 0 Å². The Morgan fingerprint density at radius 2 is 1.80 bits per heavy atom. The summed E-state index contributed by atoms with van der Waals surface area (Å²) >= 11 is 0. The molecule has 0 bridgehead atoms. The summed E-state index contributed by atoms with van der Waals surface area (Å²) in [5.41, 5.74) is 0. The molecule has 0 saturated heterocycles. The van der Waals surface area contributed by atoms with Crippen molar-refractivity contribution < 1.29 is 9.28 Å². The second-order valence-corrected chi connectivity index (χ2v) is 5.17. The molecule has 3 heteroatoms. The van der Waals surface area contributed by atoms with Gasteiger partial charge in [-0.25, -0.2) is 0 Å². The maximum Gasteiger partial charge on any atom is 0.220 e. The van der Waals surface area contributed by atoms with Crippen LogP contribution in [-0.2, 0) is 4.79 Å². The zero-order valence-corrected chi connectivity index (χ0v) is 10.8. The fraction of sp³-hybridized carbons (Fsp3) is 0.917. The lowest BCUT2D eigenvalue weighted by molar-refractivity contribution is -0.870. The Kier molecular flexibility index (Phi) is 7.39. The van der Waals surface area contributed by atoms with Crippen LogP contribution in [0, 0.1) is 0 Å². The summed E-state index contributed by atoms with van der Waals surface area (Å²) in [6, 6.07) is 0. The van der Waals surface area contributed by atoms with Crippen molar-refractivity contribution in [2.45, 2.75) is 39.0 Å². The molecule has 15 heavy (non-hydrogen) atoms. The predicted molar refractivity (Wildman–Crippen MR) is 64.7 cm³/mol. The first-order valence-electron chi connectivity index (χ1n) is 6.03. The zero-order chi connectivity index (χ0) is 11.7. The van der Waals surface area contributed by atoms with E-state index in [4.69, 9.17) is 0 Å². The van der Waals surface area contributed by atoms with Crippen LogP contribution in [0.1, 0.15) is 39.0 Å². The molecular formula is C12H27N2O+. The van der Waals surface area contributed by atoms with Crippen LogP contribution in [0.4, 0.5) is 0 Å². The summed E-state index contributed by atoms with van der Waals surface area (Å²) in [6.45, 7) is 4.07. The van der Waals surface area contributed by atoms with E-state index in [1.807, 2.05) is 0 Å². The maximum absolute atomic E-state index is 11.4. The molecule has 0 aromatic rings. The van der Waals surface area contributed by atoms with E-state index in [0.29, 0.717) is 6.42 Å². The Morgan fingerprint density at radius 1 is 1.13 bits per heavy atom. The first kappa shape index (κ1) is 14.4. The molecule has 0 atom stereocenters. The first-order valence-corrected chi connectivity index (χ1v) is 6.03. The molecule has 0 aliphatic carbocycles. The van der Waals surface area contributed by atoms with Gasteiger partial charge in [0.15, 0.2) is 0 Å². The third-order valence-electron chi connectivity index (χ3n) is 2.34. The lowest BCUT2D eigenvalue weighted by atomic mass is 10.2. The van der Waals surface area contributed by atoms with E-state index in [1.165, 1.54) is 12.8 Å². The normalized spacial score (nSPS) is 11.5. The maximum atomic E-state index is 11.4. The van der Waals surface area contributed by atoms with Gasteiger partial charge < -0.3 is 9.80 Å². The Bertz CT molecular complexity index is 173. The van der Waals surface area contributed by atoms with Gasteiger partial charge in [-0.1, -0.05) is 19.8 Å². The van der Waals surface area contributed by atoms with Gasteiger partial charge in [-0.2, -0.15) is 0 Å². The van der Waals surface area contributed by atoms with Crippen molar-refractivity contribution in [3.8, 4) is 0 Å². The molecule has 0 aromatic carbocycles. The van der Waals surface area contributed by atoms with Crippen LogP contribution in [0.15, 0.2) is 0 Å². The quantitative estimate of drug-likeness (QED) is 0.485. The standard InChI is InChI=1S/C12H26N2O/c1-5-6-7-10-13-12(15)9-8-11-14(2,3)4/h5-11H2,1-4H3/p+1. The Labute approximate surface area is 94.4 Å². The SMILES string of the molecule is CCCCCNC(=O)CCC[N+](C)(C)C. The van der Waals surface area contributed by atoms with Crippen LogP contribution in [0.5, 0.6) is 0 Å². The van der Waals surface area contributed by atoms with Crippen molar-refractivity contribution in [3.63, 3.8) is 0 Å². The van der Waals surface area contributed by atoms with Crippen molar-refractivity contribution >= 4 is 5.91 Å². The van der Waals surface area contributed by atoms with Crippen LogP contribution < -0.4 is 5.32 Å². The monoisotopic (exact) mass is 215 g/mol. The van der Waals surface area contributed by atoms with Gasteiger partial charge in [-0.15, -0.1) is 0 Å². The minimum atomic E-state index is 0.208. The van der Waals surface area contributed by atoms with Crippen LogP contribution in [0.3, 0.4) is 0 Å². The molecule has 1 N–H and O–H groups in total. The molecule has 0 aliphatic heterocycles. The highest BCUT2D eigenvalue weighted by molar-refractivity contribution is 5.75. The van der Waals surface area contributed by atoms with E-state index in [9.17, 15) is 4.79 Å². The van der Waals surface area contributed by atoms with E-state index in [2.05, 4.69) is 33.4 Å². The second-order valence-electron chi connectivity index (χ2n) is 5.17. The molecule has 0 fully saturated rings. The van der Waals surface area contributed by atoms with E-state index >= 15 is 0 Å². The van der Waals surface area contributed by atoms with Crippen LogP contribution in [0.2, 0.25) is 0 Å². The van der Waals surface area contributed by atoms with E-state index in [0.717, 1.165) is 30.4 Å². The predicted octanol–water partition coefficient (Wildman–Crippen LogP) is 1.78. The summed E-state index contributed by atoms with van der Waals surface area (Å²) in [5.74, 6) is 0.208. The average molecular weight is 215 g/mol. The summed E-state index contributed by atoms with van der Waals surface area (Å²) in [4.78, 5) is 11.4. The average Bonchev–Trinajstić information content (AvgIpc) is 2.10. The lowest BCUT2D eigenvalue weighted by Crippen LogP contribution is -2.36. The molecule has 0 aromatic heterocycles. The molecule has 0 rings (SSSR count). The molecule has 0 saturated carbocycles. The summed E-state index contributed by atoms with van der Waals surface area (Å²) in [7, 11) is 6.46. The third kappa shape index (κ3) is 11.4. The van der Waals surface area contributed by atoms with Crippen molar-refractivity contribution in [1.82, 2.24) is 5.32 Å². The molecule has 0 unspecified atom stereocenters. The highest BCUT2D eigenvalue weighted by atomic mass is 16.1. The fourth-order valence-electron chi connectivity index (χ4n) is 1.41. The Morgan fingerprint density at radius 3 is 2.33 bits per heavy atom. The number of quaternary nitrogens is 1. The molecule has 90 valence electrons. The van der Waals surface area contributed by atoms with Crippen LogP contribution in [-0.4, -0.2) is 44.6 Å². The Hall–Kier alpha value is -0.570. The minimum absolute atomic E-state index is 0.208. The molecule has 3 nitrogen and oxygen atoms in total. The number of hydrogen-bond acceptors (Lipinski definition) is 1. The van der Waals surface area contributed by atoms with Gasteiger partial charge in [-0.05, 0) is 6.42 Å². The van der Waals surface area contributed by atoms with Gasteiger partial charge in [0.05, 0.1) is 27.7 Å². The molecular weight excluding hydrogens is 188 g/mol. The van der Waals surface area contributed by atoms with E-state index in [1.54, 1.807) is 0 Å². The smallest absolute Gasteiger partial charge is 0.220 e. The molecule has 0 heterocycles. The van der Waals surface area contributed by atoms with E-state index in [-0.39, 0.29) is 5.91 Å². The van der Waals surface area contributed by atoms with Gasteiger partial charge in [0.1, 0.15) is 0 Å². The number of carbonyl (C=O) groups excluding carboxylic acids is 1. The molecule has 0 spiro atoms. The van der Waals surface area contributed by atoms with Crippen molar-refractivity contribution in [2.75, 3.05) is 34.2 Å².